The van der Waals surface area contributed by atoms with Crippen molar-refractivity contribution < 1.29 is 57.8 Å². The van der Waals surface area contributed by atoms with Gasteiger partial charge in [0.2, 0.25) is 23.3 Å². The van der Waals surface area contributed by atoms with Crippen LogP contribution in [0.25, 0.3) is 21.5 Å². The molecule has 13 nitrogen and oxygen atoms in total. The minimum Gasteiger partial charge on any atom is -0.494 e. The van der Waals surface area contributed by atoms with E-state index in [0.717, 1.165) is 101 Å². The third kappa shape index (κ3) is 13.2. The van der Waals surface area contributed by atoms with Crippen LogP contribution in [-0.4, -0.2) is 65.1 Å². The highest BCUT2D eigenvalue weighted by Gasteiger charge is 2.30. The fourth-order valence-corrected chi connectivity index (χ4v) is 6.90. The number of ether oxygens (including phenoxy) is 6. The van der Waals surface area contributed by atoms with Crippen LogP contribution in [-0.2, 0) is 25.6 Å². The smallest absolute Gasteiger partial charge is 0.343 e. The number of benzene rings is 5. The third-order valence-corrected chi connectivity index (χ3v) is 10.5. The van der Waals surface area contributed by atoms with Crippen LogP contribution in [0.1, 0.15) is 83.2 Å². The first kappa shape index (κ1) is 47.0. The number of hydrogen-bond acceptors (Lipinski definition) is 12. The van der Waals surface area contributed by atoms with Gasteiger partial charge in [0.25, 0.3) is 0 Å². The van der Waals surface area contributed by atoms with Crippen LogP contribution < -0.4 is 18.9 Å². The second kappa shape index (κ2) is 23.2. The Morgan fingerprint density at radius 2 is 0.923 bits per heavy atom. The molecule has 5 aromatic carbocycles. The van der Waals surface area contributed by atoms with Gasteiger partial charge >= 0.3 is 23.9 Å². The van der Waals surface area contributed by atoms with Crippen molar-refractivity contribution in [2.45, 2.75) is 64.8 Å². The van der Waals surface area contributed by atoms with E-state index in [-0.39, 0.29) is 17.7 Å². The molecule has 6 aromatic rings. The number of rotatable bonds is 24. The summed E-state index contributed by atoms with van der Waals surface area (Å²) in [6.07, 6.45) is 9.11. The van der Waals surface area contributed by atoms with Crippen molar-refractivity contribution >= 4 is 45.4 Å². The number of fused-ring (bicyclic) bond motifs is 2. The van der Waals surface area contributed by atoms with Gasteiger partial charge in [-0.1, -0.05) is 67.3 Å². The lowest BCUT2D eigenvalue weighted by Gasteiger charge is -2.10. The van der Waals surface area contributed by atoms with Gasteiger partial charge in [0.15, 0.2) is 0 Å². The molecule has 1 aromatic heterocycles. The molecule has 0 bridgehead atoms. The number of aromatic hydroxyl groups is 2. The summed E-state index contributed by atoms with van der Waals surface area (Å²) in [5, 5.41) is 26.0. The molecular weight excluding hydrogens is 831 g/mol. The Balaban J connectivity index is 1.11. The van der Waals surface area contributed by atoms with Crippen LogP contribution in [0.2, 0.25) is 0 Å². The van der Waals surface area contributed by atoms with Gasteiger partial charge in [0, 0.05) is 12.2 Å². The van der Waals surface area contributed by atoms with Crippen molar-refractivity contribution in [3.05, 3.63) is 145 Å². The van der Waals surface area contributed by atoms with E-state index >= 15 is 0 Å². The van der Waals surface area contributed by atoms with E-state index in [0.29, 0.717) is 37.9 Å². The standard InChI is InChI=1S/C52H53NO12/c1-4-45(54)62-28-12-8-6-10-26-60-43-24-22-37-30-41(20-18-39(37)32-43)51(58)64-47-48(50(57)53(49(47)56)34-36-16-14-35(3)15-17-36)65-52(59)42-21-19-40-33-44(25-23-38(40)31-42)61-27-11-7-9-13-29-63-46(55)5-2/h4-5,14-25,30-33,56-57H,1-2,6-13,26-29,34H2,3H3. The molecule has 0 fully saturated rings. The summed E-state index contributed by atoms with van der Waals surface area (Å²) < 4.78 is 34.4. The van der Waals surface area contributed by atoms with Crippen LogP contribution in [0.5, 0.6) is 34.8 Å². The average Bonchev–Trinajstić information content (AvgIpc) is 3.53. The van der Waals surface area contributed by atoms with Crippen LogP contribution in [0, 0.1) is 6.92 Å². The Kier molecular flexibility index (Phi) is 16.8. The summed E-state index contributed by atoms with van der Waals surface area (Å²) in [7, 11) is 0. The van der Waals surface area contributed by atoms with Crippen LogP contribution in [0.3, 0.4) is 0 Å². The maximum atomic E-state index is 13.7. The molecule has 1 heterocycles. The van der Waals surface area contributed by atoms with E-state index in [1.807, 2.05) is 55.5 Å². The lowest BCUT2D eigenvalue weighted by Crippen LogP contribution is -2.12. The van der Waals surface area contributed by atoms with Crippen LogP contribution >= 0.6 is 0 Å². The Morgan fingerprint density at radius 3 is 1.35 bits per heavy atom. The predicted molar refractivity (Wildman–Crippen MR) is 246 cm³/mol. The molecular formula is C52H53NO12. The van der Waals surface area contributed by atoms with Gasteiger partial charge in [-0.2, -0.15) is 0 Å². The Morgan fingerprint density at radius 1 is 0.523 bits per heavy atom. The van der Waals surface area contributed by atoms with Gasteiger partial charge in [-0.3, -0.25) is 4.57 Å². The zero-order valence-electron chi connectivity index (χ0n) is 36.4. The Bertz CT molecular complexity index is 2490. The van der Waals surface area contributed by atoms with Gasteiger partial charge < -0.3 is 38.6 Å². The van der Waals surface area contributed by atoms with Crippen molar-refractivity contribution in [3.63, 3.8) is 0 Å². The zero-order chi connectivity index (χ0) is 46.1. The van der Waals surface area contributed by atoms with Gasteiger partial charge in [-0.15, -0.1) is 0 Å². The second-order valence-electron chi connectivity index (χ2n) is 15.4. The molecule has 0 spiro atoms. The first-order valence-electron chi connectivity index (χ1n) is 21.6. The average molecular weight is 884 g/mol. The Hall–Kier alpha value is -7.54. The normalized spacial score (nSPS) is 10.9. The van der Waals surface area contributed by atoms with Crippen molar-refractivity contribution in [2.24, 2.45) is 0 Å². The van der Waals surface area contributed by atoms with Gasteiger partial charge in [0.1, 0.15) is 11.5 Å². The number of carbonyl (C=O) groups is 4. The van der Waals surface area contributed by atoms with Crippen LogP contribution in [0.15, 0.2) is 122 Å². The van der Waals surface area contributed by atoms with E-state index in [4.69, 9.17) is 28.4 Å². The lowest BCUT2D eigenvalue weighted by atomic mass is 10.1. The van der Waals surface area contributed by atoms with Gasteiger partial charge in [-0.05, 0) is 134 Å². The summed E-state index contributed by atoms with van der Waals surface area (Å²) >= 11 is 0. The number of carbonyl (C=O) groups excluding carboxylic acids is 4. The SMILES string of the molecule is C=CC(=O)OCCCCCCOc1ccc2cc(C(=O)Oc3c(OC(=O)c4ccc5cc(OCCCCCCOC(=O)C=C)ccc5c4)c(O)n(Cc4ccc(C)cc4)c3O)ccc2c1. The topological polar surface area (TPSA) is 169 Å². The lowest BCUT2D eigenvalue weighted by molar-refractivity contribution is -0.138. The maximum Gasteiger partial charge on any atom is 0.343 e. The summed E-state index contributed by atoms with van der Waals surface area (Å²) in [6.45, 7) is 10.4. The maximum absolute atomic E-state index is 13.7. The third-order valence-electron chi connectivity index (χ3n) is 10.5. The predicted octanol–water partition coefficient (Wildman–Crippen LogP) is 10.3. The van der Waals surface area contributed by atoms with Crippen molar-refractivity contribution in [1.82, 2.24) is 4.57 Å². The highest BCUT2D eigenvalue weighted by molar-refractivity contribution is 5.99. The van der Waals surface area contributed by atoms with E-state index in [1.54, 1.807) is 48.5 Å². The molecule has 0 aliphatic rings. The minimum atomic E-state index is -0.859. The van der Waals surface area contributed by atoms with Crippen molar-refractivity contribution in [1.29, 1.82) is 0 Å². The number of nitrogens with zero attached hydrogens (tertiary/aromatic N) is 1. The second-order valence-corrected chi connectivity index (χ2v) is 15.4. The molecule has 0 aliphatic heterocycles. The Labute approximate surface area is 377 Å². The fraction of sp³-hybridized carbons (Fsp3) is 0.269. The molecule has 0 radical (unpaired) electrons. The molecule has 65 heavy (non-hydrogen) atoms. The summed E-state index contributed by atoms with van der Waals surface area (Å²) in [6, 6.07) is 28.3. The highest BCUT2D eigenvalue weighted by Crippen LogP contribution is 2.48. The number of aromatic nitrogens is 1. The van der Waals surface area contributed by atoms with E-state index in [1.165, 1.54) is 0 Å². The fourth-order valence-electron chi connectivity index (χ4n) is 6.90. The summed E-state index contributed by atoms with van der Waals surface area (Å²) in [4.78, 5) is 49.7. The molecule has 6 rings (SSSR count). The molecule has 0 saturated carbocycles. The van der Waals surface area contributed by atoms with Crippen LogP contribution in [0.4, 0.5) is 0 Å². The zero-order valence-corrected chi connectivity index (χ0v) is 36.4. The minimum absolute atomic E-state index is 0.0265. The molecule has 0 amide bonds. The molecule has 338 valence electrons. The molecule has 0 atom stereocenters. The molecule has 0 saturated heterocycles. The van der Waals surface area contributed by atoms with Gasteiger partial charge in [0.05, 0.1) is 44.1 Å². The van der Waals surface area contributed by atoms with E-state index in [9.17, 15) is 29.4 Å². The molecule has 2 N–H and O–H groups in total. The number of hydrogen-bond donors (Lipinski definition) is 2. The molecule has 0 unspecified atom stereocenters. The largest absolute Gasteiger partial charge is 0.494 e. The molecule has 13 heteroatoms. The van der Waals surface area contributed by atoms with Crippen molar-refractivity contribution in [2.75, 3.05) is 26.4 Å². The first-order chi connectivity index (χ1) is 31.5. The van der Waals surface area contributed by atoms with E-state index < -0.39 is 47.1 Å². The monoisotopic (exact) mass is 883 g/mol. The number of aryl methyl sites for hydroxylation is 1. The number of unbranched alkanes of at least 4 members (excludes halogenated alkanes) is 6. The highest BCUT2D eigenvalue weighted by atomic mass is 16.6. The molecule has 0 aliphatic carbocycles. The quantitative estimate of drug-likeness (QED) is 0.0336. The first-order valence-corrected chi connectivity index (χ1v) is 21.6. The van der Waals surface area contributed by atoms with E-state index in [2.05, 4.69) is 13.2 Å². The summed E-state index contributed by atoms with van der Waals surface area (Å²) in [5.74, 6) is -3.49. The van der Waals surface area contributed by atoms with Crippen molar-refractivity contribution in [3.8, 4) is 34.8 Å². The number of esters is 4. The van der Waals surface area contributed by atoms with Gasteiger partial charge in [-0.25, -0.2) is 19.2 Å². The summed E-state index contributed by atoms with van der Waals surface area (Å²) in [5.41, 5.74) is 2.03.